The average Bonchev–Trinajstić information content (AvgIpc) is 2.33. The first-order chi connectivity index (χ1) is 8.57. The second-order valence-corrected chi connectivity index (χ2v) is 6.35. The molecule has 1 aliphatic heterocycles. The van der Waals surface area contributed by atoms with Gasteiger partial charge in [-0.3, -0.25) is 0 Å². The third-order valence-corrected chi connectivity index (χ3v) is 4.22. The fourth-order valence-corrected chi connectivity index (χ4v) is 2.83. The number of rotatable bonds is 8. The van der Waals surface area contributed by atoms with Crippen LogP contribution in [0.2, 0.25) is 0 Å². The van der Waals surface area contributed by atoms with E-state index in [1.165, 1.54) is 38.5 Å². The molecule has 0 amide bonds. The monoisotopic (exact) mass is 256 g/mol. The molecule has 0 spiro atoms. The molecule has 0 radical (unpaired) electrons. The van der Waals surface area contributed by atoms with Crippen molar-refractivity contribution in [3.63, 3.8) is 0 Å². The Hall–Kier alpha value is -0.0800. The Labute approximate surface area is 113 Å². The van der Waals surface area contributed by atoms with Gasteiger partial charge in [0.1, 0.15) is 0 Å². The molecule has 0 aromatic rings. The van der Waals surface area contributed by atoms with E-state index in [0.717, 1.165) is 25.9 Å². The molecule has 0 aromatic heterocycles. The Morgan fingerprint density at radius 1 is 1.17 bits per heavy atom. The maximum atomic E-state index is 10.6. The van der Waals surface area contributed by atoms with E-state index in [1.54, 1.807) is 0 Å². The van der Waals surface area contributed by atoms with E-state index in [4.69, 9.17) is 4.74 Å². The topological polar surface area (TPSA) is 29.5 Å². The lowest BCUT2D eigenvalue weighted by atomic mass is 9.82. The minimum Gasteiger partial charge on any atom is -0.390 e. The predicted molar refractivity (Wildman–Crippen MR) is 76.8 cm³/mol. The number of ether oxygens (including phenoxy) is 1. The normalized spacial score (nSPS) is 28.8. The molecule has 1 fully saturated rings. The van der Waals surface area contributed by atoms with Crippen LogP contribution in [0.25, 0.3) is 0 Å². The Kier molecular flexibility index (Phi) is 7.25. The van der Waals surface area contributed by atoms with Gasteiger partial charge in [-0.05, 0) is 18.8 Å². The number of hydrogen-bond donors (Lipinski definition) is 1. The Morgan fingerprint density at radius 2 is 1.83 bits per heavy atom. The van der Waals surface area contributed by atoms with Crippen molar-refractivity contribution < 1.29 is 9.84 Å². The lowest BCUT2D eigenvalue weighted by molar-refractivity contribution is -0.120. The first kappa shape index (κ1) is 16.0. The fraction of sp³-hybridized carbons (Fsp3) is 1.00. The van der Waals surface area contributed by atoms with E-state index in [0.29, 0.717) is 5.92 Å². The average molecular weight is 256 g/mol. The molecule has 0 aromatic carbocycles. The molecule has 1 N–H and O–H groups in total. The van der Waals surface area contributed by atoms with Crippen molar-refractivity contribution in [1.82, 2.24) is 0 Å². The van der Waals surface area contributed by atoms with Crippen LogP contribution in [0, 0.1) is 5.92 Å². The number of aliphatic hydroxyl groups is 1. The van der Waals surface area contributed by atoms with Crippen LogP contribution < -0.4 is 0 Å². The summed E-state index contributed by atoms with van der Waals surface area (Å²) < 4.78 is 5.73. The van der Waals surface area contributed by atoms with Crippen molar-refractivity contribution in [3.8, 4) is 0 Å². The highest BCUT2D eigenvalue weighted by Gasteiger charge is 2.35. The van der Waals surface area contributed by atoms with Gasteiger partial charge in [-0.2, -0.15) is 0 Å². The van der Waals surface area contributed by atoms with Gasteiger partial charge in [0.15, 0.2) is 0 Å². The SMILES string of the molecule is CCCCCCCCC1(O)CCOC(C(C)C)C1. The maximum Gasteiger partial charge on any atom is 0.0694 e. The van der Waals surface area contributed by atoms with Crippen molar-refractivity contribution in [2.45, 2.75) is 90.3 Å². The van der Waals surface area contributed by atoms with Crippen LogP contribution in [0.5, 0.6) is 0 Å². The summed E-state index contributed by atoms with van der Waals surface area (Å²) in [6.07, 6.45) is 10.7. The molecule has 2 nitrogen and oxygen atoms in total. The Morgan fingerprint density at radius 3 is 2.50 bits per heavy atom. The summed E-state index contributed by atoms with van der Waals surface area (Å²) in [5.74, 6) is 0.515. The van der Waals surface area contributed by atoms with E-state index < -0.39 is 5.60 Å². The molecule has 0 bridgehead atoms. The van der Waals surface area contributed by atoms with E-state index >= 15 is 0 Å². The molecule has 0 saturated carbocycles. The van der Waals surface area contributed by atoms with Gasteiger partial charge in [-0.1, -0.05) is 59.3 Å². The highest BCUT2D eigenvalue weighted by atomic mass is 16.5. The van der Waals surface area contributed by atoms with E-state index in [1.807, 2.05) is 0 Å². The van der Waals surface area contributed by atoms with Gasteiger partial charge in [0.2, 0.25) is 0 Å². The molecule has 108 valence electrons. The third kappa shape index (κ3) is 5.71. The smallest absolute Gasteiger partial charge is 0.0694 e. The van der Waals surface area contributed by atoms with Crippen LogP contribution in [-0.2, 0) is 4.74 Å². The van der Waals surface area contributed by atoms with Crippen LogP contribution in [-0.4, -0.2) is 23.4 Å². The van der Waals surface area contributed by atoms with Crippen molar-refractivity contribution in [2.24, 2.45) is 5.92 Å². The second kappa shape index (κ2) is 8.16. The van der Waals surface area contributed by atoms with Crippen LogP contribution in [0.3, 0.4) is 0 Å². The summed E-state index contributed by atoms with van der Waals surface area (Å²) in [6, 6.07) is 0. The van der Waals surface area contributed by atoms with Gasteiger partial charge >= 0.3 is 0 Å². The first-order valence-corrected chi connectivity index (χ1v) is 7.91. The Bertz CT molecular complexity index is 215. The van der Waals surface area contributed by atoms with Gasteiger partial charge in [-0.25, -0.2) is 0 Å². The van der Waals surface area contributed by atoms with Crippen LogP contribution in [0.4, 0.5) is 0 Å². The molecule has 1 saturated heterocycles. The molecule has 2 atom stereocenters. The lowest BCUT2D eigenvalue weighted by Crippen LogP contribution is -2.42. The Balaban J connectivity index is 2.18. The summed E-state index contributed by atoms with van der Waals surface area (Å²) in [7, 11) is 0. The zero-order chi connectivity index (χ0) is 13.4. The molecule has 2 unspecified atom stereocenters. The molecular formula is C16H32O2. The molecule has 1 rings (SSSR count). The van der Waals surface area contributed by atoms with E-state index in [-0.39, 0.29) is 6.10 Å². The minimum absolute atomic E-state index is 0.254. The zero-order valence-corrected chi connectivity index (χ0v) is 12.6. The molecule has 1 aliphatic rings. The summed E-state index contributed by atoms with van der Waals surface area (Å²) in [6.45, 7) is 7.34. The maximum absolute atomic E-state index is 10.6. The standard InChI is InChI=1S/C16H32O2/c1-4-5-6-7-8-9-10-16(17)11-12-18-15(13-16)14(2)3/h14-15,17H,4-13H2,1-3H3. The summed E-state index contributed by atoms with van der Waals surface area (Å²) in [5.41, 5.74) is -0.446. The third-order valence-electron chi connectivity index (χ3n) is 4.22. The molecule has 18 heavy (non-hydrogen) atoms. The number of hydrogen-bond acceptors (Lipinski definition) is 2. The highest BCUT2D eigenvalue weighted by Crippen LogP contribution is 2.32. The quantitative estimate of drug-likeness (QED) is 0.656. The summed E-state index contributed by atoms with van der Waals surface area (Å²) >= 11 is 0. The molecule has 1 heterocycles. The van der Waals surface area contributed by atoms with Gasteiger partial charge in [0.05, 0.1) is 11.7 Å². The van der Waals surface area contributed by atoms with Crippen molar-refractivity contribution >= 4 is 0 Å². The fourth-order valence-electron chi connectivity index (χ4n) is 2.83. The van der Waals surface area contributed by atoms with Gasteiger partial charge < -0.3 is 9.84 Å². The van der Waals surface area contributed by atoms with Gasteiger partial charge in [0, 0.05) is 13.0 Å². The largest absolute Gasteiger partial charge is 0.390 e. The second-order valence-electron chi connectivity index (χ2n) is 6.35. The van der Waals surface area contributed by atoms with Crippen LogP contribution >= 0.6 is 0 Å². The predicted octanol–water partition coefficient (Wildman–Crippen LogP) is 4.30. The first-order valence-electron chi connectivity index (χ1n) is 7.91. The lowest BCUT2D eigenvalue weighted by Gasteiger charge is -2.38. The highest BCUT2D eigenvalue weighted by molar-refractivity contribution is 4.86. The van der Waals surface area contributed by atoms with Crippen molar-refractivity contribution in [3.05, 3.63) is 0 Å². The molecule has 2 heteroatoms. The van der Waals surface area contributed by atoms with Gasteiger partial charge in [0.25, 0.3) is 0 Å². The number of unbranched alkanes of at least 4 members (excludes halogenated alkanes) is 5. The van der Waals surface area contributed by atoms with Crippen molar-refractivity contribution in [2.75, 3.05) is 6.61 Å². The molecule has 0 aliphatic carbocycles. The molecular weight excluding hydrogens is 224 g/mol. The van der Waals surface area contributed by atoms with Crippen LogP contribution in [0.15, 0.2) is 0 Å². The summed E-state index contributed by atoms with van der Waals surface area (Å²) in [5, 5.41) is 10.6. The minimum atomic E-state index is -0.446. The van der Waals surface area contributed by atoms with Gasteiger partial charge in [-0.15, -0.1) is 0 Å². The zero-order valence-electron chi connectivity index (χ0n) is 12.6. The van der Waals surface area contributed by atoms with E-state index in [9.17, 15) is 5.11 Å². The summed E-state index contributed by atoms with van der Waals surface area (Å²) in [4.78, 5) is 0. The van der Waals surface area contributed by atoms with E-state index in [2.05, 4.69) is 20.8 Å². The van der Waals surface area contributed by atoms with Crippen molar-refractivity contribution in [1.29, 1.82) is 0 Å². The van der Waals surface area contributed by atoms with Crippen LogP contribution in [0.1, 0.15) is 78.6 Å².